The maximum Gasteiger partial charge on any atom is 0.411 e. The molecule has 2 fully saturated rings. The number of carbonyl (C=O) groups excluding carboxylic acids is 1. The van der Waals surface area contributed by atoms with E-state index in [0.717, 1.165) is 58.4 Å². The van der Waals surface area contributed by atoms with E-state index in [1.54, 1.807) is 6.20 Å². The summed E-state index contributed by atoms with van der Waals surface area (Å²) in [7, 11) is 0. The van der Waals surface area contributed by atoms with Crippen LogP contribution in [0.2, 0.25) is 0 Å². The van der Waals surface area contributed by atoms with Crippen molar-refractivity contribution in [1.29, 1.82) is 0 Å². The summed E-state index contributed by atoms with van der Waals surface area (Å²) in [5.74, 6) is 2.05. The zero-order chi connectivity index (χ0) is 21.8. The number of nitrogens with zero attached hydrogens (tertiary/aromatic N) is 2. The van der Waals surface area contributed by atoms with Crippen molar-refractivity contribution in [2.45, 2.75) is 70.6 Å². The lowest BCUT2D eigenvalue weighted by molar-refractivity contribution is 0.00951. The first-order valence-corrected chi connectivity index (χ1v) is 11.8. The van der Waals surface area contributed by atoms with Gasteiger partial charge in [0.25, 0.3) is 0 Å². The van der Waals surface area contributed by atoms with Gasteiger partial charge >= 0.3 is 6.09 Å². The molecule has 3 atom stereocenters. The minimum Gasteiger partial charge on any atom is -0.454 e. The highest BCUT2D eigenvalue weighted by Gasteiger charge is 2.47. The average molecular weight is 486 g/mol. The van der Waals surface area contributed by atoms with Crippen molar-refractivity contribution in [3.63, 3.8) is 0 Å². The number of nitrogens with one attached hydrogen (secondary N) is 1. The molecule has 1 saturated carbocycles. The Kier molecular flexibility index (Phi) is 5.12. The molecule has 3 heterocycles. The summed E-state index contributed by atoms with van der Waals surface area (Å²) in [5.41, 5.74) is 1.13. The Hall–Kier alpha value is -2.28. The Morgan fingerprint density at radius 3 is 2.87 bits per heavy atom. The second-order valence-corrected chi connectivity index (χ2v) is 10.6. The summed E-state index contributed by atoms with van der Waals surface area (Å²) < 4.78 is 12.8. The van der Waals surface area contributed by atoms with Gasteiger partial charge in [-0.05, 0) is 70.2 Å². The van der Waals surface area contributed by atoms with Crippen molar-refractivity contribution < 1.29 is 13.9 Å². The molecule has 6 nitrogen and oxygen atoms in total. The number of ether oxygens (including phenoxy) is 1. The van der Waals surface area contributed by atoms with E-state index in [0.29, 0.717) is 5.92 Å². The van der Waals surface area contributed by atoms with Crippen LogP contribution in [0.5, 0.6) is 0 Å². The fourth-order valence-electron chi connectivity index (χ4n) is 5.06. The van der Waals surface area contributed by atoms with Gasteiger partial charge in [-0.2, -0.15) is 0 Å². The van der Waals surface area contributed by atoms with Gasteiger partial charge in [-0.15, -0.1) is 0 Å². The smallest absolute Gasteiger partial charge is 0.411 e. The highest BCUT2D eigenvalue weighted by molar-refractivity contribution is 9.10. The molecule has 1 saturated heterocycles. The van der Waals surface area contributed by atoms with Crippen LogP contribution in [-0.4, -0.2) is 32.6 Å². The molecule has 1 aromatic carbocycles. The molecule has 0 radical (unpaired) electrons. The van der Waals surface area contributed by atoms with Crippen LogP contribution in [0.4, 0.5) is 4.79 Å². The number of furan rings is 1. The second-order valence-electron chi connectivity index (χ2n) is 9.73. The third-order valence-corrected chi connectivity index (χ3v) is 6.84. The maximum absolute atomic E-state index is 13.2. The average Bonchev–Trinajstić information content (AvgIpc) is 3.41. The third-order valence-electron chi connectivity index (χ3n) is 6.35. The lowest BCUT2D eigenvalue weighted by Crippen LogP contribution is -2.43. The Morgan fingerprint density at radius 2 is 2.06 bits per heavy atom. The van der Waals surface area contributed by atoms with Crippen molar-refractivity contribution >= 4 is 33.0 Å². The topological polar surface area (TPSA) is 71.4 Å². The number of hydrogen-bond acceptors (Lipinski definition) is 4. The molecule has 2 aromatic heterocycles. The van der Waals surface area contributed by atoms with Crippen molar-refractivity contribution in [1.82, 2.24) is 14.9 Å². The lowest BCUT2D eigenvalue weighted by atomic mass is 9.85. The monoisotopic (exact) mass is 485 g/mol. The molecule has 1 amide bonds. The van der Waals surface area contributed by atoms with E-state index < -0.39 is 5.60 Å². The summed E-state index contributed by atoms with van der Waals surface area (Å²) in [6.45, 7) is 5.75. The van der Waals surface area contributed by atoms with E-state index in [9.17, 15) is 4.79 Å². The molecule has 1 aliphatic carbocycles. The van der Waals surface area contributed by atoms with E-state index in [1.807, 2.05) is 49.9 Å². The zero-order valence-corrected chi connectivity index (χ0v) is 19.7. The summed E-state index contributed by atoms with van der Waals surface area (Å²) in [6.07, 6.45) is 7.07. The Balaban J connectivity index is 1.46. The predicted octanol–water partition coefficient (Wildman–Crippen LogP) is 6.83. The molecule has 31 heavy (non-hydrogen) atoms. The van der Waals surface area contributed by atoms with Gasteiger partial charge in [0, 0.05) is 15.9 Å². The van der Waals surface area contributed by atoms with Gasteiger partial charge in [0.2, 0.25) is 0 Å². The van der Waals surface area contributed by atoms with Crippen LogP contribution in [0.15, 0.2) is 39.4 Å². The van der Waals surface area contributed by atoms with Gasteiger partial charge in [0.1, 0.15) is 22.7 Å². The number of fused-ring (bicyclic) bond motifs is 2. The molecule has 3 aromatic rings. The largest absolute Gasteiger partial charge is 0.454 e. The lowest BCUT2D eigenvalue weighted by Gasteiger charge is -2.34. The molecule has 0 bridgehead atoms. The van der Waals surface area contributed by atoms with Crippen LogP contribution < -0.4 is 0 Å². The number of aromatic nitrogens is 2. The van der Waals surface area contributed by atoms with Crippen molar-refractivity contribution in [3.8, 4) is 11.5 Å². The molecule has 1 N–H and O–H groups in total. The normalized spacial score (nSPS) is 23.9. The Bertz CT molecular complexity index is 1110. The number of halogens is 1. The molecular formula is C24H28BrN3O3. The number of hydrogen-bond donors (Lipinski definition) is 1. The van der Waals surface area contributed by atoms with Gasteiger partial charge in [0.05, 0.1) is 12.2 Å². The van der Waals surface area contributed by atoms with Gasteiger partial charge in [-0.1, -0.05) is 28.8 Å². The number of aromatic amines is 1. The Morgan fingerprint density at radius 1 is 1.26 bits per heavy atom. The molecule has 1 aliphatic heterocycles. The predicted molar refractivity (Wildman–Crippen MR) is 123 cm³/mol. The third kappa shape index (κ3) is 4.00. The SMILES string of the molecule is CC(C)(C)OC(=O)N1C2CCCCC2C[C@H]1c1ncc(-c2cc3cc(Br)ccc3o2)[nH]1. The first kappa shape index (κ1) is 20.6. The maximum atomic E-state index is 13.2. The van der Waals surface area contributed by atoms with Gasteiger partial charge < -0.3 is 14.1 Å². The van der Waals surface area contributed by atoms with Gasteiger partial charge in [0.15, 0.2) is 5.76 Å². The number of likely N-dealkylation sites (tertiary alicyclic amines) is 1. The first-order valence-electron chi connectivity index (χ1n) is 11.0. The van der Waals surface area contributed by atoms with E-state index in [1.165, 1.54) is 6.42 Å². The zero-order valence-electron chi connectivity index (χ0n) is 18.2. The fraction of sp³-hybridized carbons (Fsp3) is 0.500. The van der Waals surface area contributed by atoms with E-state index in [-0.39, 0.29) is 18.2 Å². The van der Waals surface area contributed by atoms with Crippen molar-refractivity contribution in [2.75, 3.05) is 0 Å². The molecule has 164 valence electrons. The van der Waals surface area contributed by atoms with Gasteiger partial charge in [-0.3, -0.25) is 4.90 Å². The van der Waals surface area contributed by atoms with Crippen LogP contribution in [-0.2, 0) is 4.74 Å². The summed E-state index contributed by atoms with van der Waals surface area (Å²) in [4.78, 5) is 23.2. The van der Waals surface area contributed by atoms with E-state index in [2.05, 4.69) is 25.9 Å². The molecule has 2 aliphatic rings. The first-order chi connectivity index (χ1) is 14.8. The Labute approximate surface area is 190 Å². The number of H-pyrrole nitrogens is 1. The van der Waals surface area contributed by atoms with E-state index in [4.69, 9.17) is 9.15 Å². The number of benzene rings is 1. The standard InChI is InChI=1S/C24H28BrN3O3/c1-24(2,3)31-23(29)28-18-7-5-4-6-14(18)11-19(28)22-26-13-17(27-22)21-12-15-10-16(25)8-9-20(15)30-21/h8-10,12-14,18-19H,4-7,11H2,1-3H3,(H,26,27)/t14?,18?,19-/m0/s1. The fourth-order valence-corrected chi connectivity index (χ4v) is 5.44. The number of amides is 1. The second kappa shape index (κ2) is 7.69. The quantitative estimate of drug-likeness (QED) is 0.431. The number of carbonyl (C=O) groups is 1. The summed E-state index contributed by atoms with van der Waals surface area (Å²) in [5, 5.41) is 1.03. The van der Waals surface area contributed by atoms with Crippen LogP contribution in [0.1, 0.15) is 64.7 Å². The highest BCUT2D eigenvalue weighted by atomic mass is 79.9. The highest BCUT2D eigenvalue weighted by Crippen LogP contribution is 2.46. The molecule has 2 unspecified atom stereocenters. The summed E-state index contributed by atoms with van der Waals surface area (Å²) in [6, 6.07) is 8.09. The van der Waals surface area contributed by atoms with Crippen LogP contribution in [0.3, 0.4) is 0 Å². The van der Waals surface area contributed by atoms with Crippen LogP contribution in [0, 0.1) is 5.92 Å². The van der Waals surface area contributed by atoms with Gasteiger partial charge in [-0.25, -0.2) is 9.78 Å². The van der Waals surface area contributed by atoms with Crippen LogP contribution >= 0.6 is 15.9 Å². The molecule has 0 spiro atoms. The van der Waals surface area contributed by atoms with Crippen molar-refractivity contribution in [3.05, 3.63) is 40.8 Å². The molecule has 7 heteroatoms. The van der Waals surface area contributed by atoms with Crippen LogP contribution in [0.25, 0.3) is 22.4 Å². The number of rotatable bonds is 2. The van der Waals surface area contributed by atoms with Crippen molar-refractivity contribution in [2.24, 2.45) is 5.92 Å². The molecule has 5 rings (SSSR count). The molecular weight excluding hydrogens is 458 g/mol. The van der Waals surface area contributed by atoms with E-state index >= 15 is 0 Å². The minimum atomic E-state index is -0.523. The minimum absolute atomic E-state index is 0.102. The number of imidazole rings is 1. The summed E-state index contributed by atoms with van der Waals surface area (Å²) >= 11 is 3.51.